The number of ether oxygens (including phenoxy) is 1. The van der Waals surface area contributed by atoms with E-state index in [4.69, 9.17) is 4.74 Å². The lowest BCUT2D eigenvalue weighted by Gasteiger charge is -2.30. The number of aliphatic hydroxyl groups excluding tert-OH is 1. The Morgan fingerprint density at radius 3 is 2.81 bits per heavy atom. The molecule has 2 unspecified atom stereocenters. The summed E-state index contributed by atoms with van der Waals surface area (Å²) in [6.07, 6.45) is -4.18. The minimum absolute atomic E-state index is 0.107. The molecule has 118 valence electrons. The van der Waals surface area contributed by atoms with Gasteiger partial charge in [-0.15, -0.1) is 10.2 Å². The fourth-order valence-corrected chi connectivity index (χ4v) is 2.84. The molecule has 0 aliphatic carbocycles. The van der Waals surface area contributed by atoms with Crippen LogP contribution in [0.25, 0.3) is 0 Å². The van der Waals surface area contributed by atoms with Crippen LogP contribution in [-0.2, 0) is 24.0 Å². The van der Waals surface area contributed by atoms with E-state index in [0.717, 1.165) is 11.0 Å². The first kappa shape index (κ1) is 14.7. The van der Waals surface area contributed by atoms with Crippen molar-refractivity contribution in [2.24, 2.45) is 5.92 Å². The number of alkyl halides is 3. The topological polar surface area (TPSA) is 63.4 Å². The van der Waals surface area contributed by atoms with E-state index in [1.54, 1.807) is 0 Å². The van der Waals surface area contributed by atoms with Crippen molar-refractivity contribution in [1.82, 2.24) is 19.7 Å². The van der Waals surface area contributed by atoms with Gasteiger partial charge in [0.25, 0.3) is 0 Å². The third-order valence-electron chi connectivity index (χ3n) is 4.04. The maximum absolute atomic E-state index is 12.7. The van der Waals surface area contributed by atoms with Gasteiger partial charge in [-0.05, 0) is 6.42 Å². The van der Waals surface area contributed by atoms with E-state index in [2.05, 4.69) is 10.2 Å². The van der Waals surface area contributed by atoms with E-state index in [9.17, 15) is 18.3 Å². The van der Waals surface area contributed by atoms with Gasteiger partial charge in [-0.2, -0.15) is 13.2 Å². The minimum atomic E-state index is -4.48. The summed E-state index contributed by atoms with van der Waals surface area (Å²) in [5.74, 6) is -0.541. The van der Waals surface area contributed by atoms with Crippen molar-refractivity contribution >= 4 is 0 Å². The van der Waals surface area contributed by atoms with Crippen molar-refractivity contribution in [3.63, 3.8) is 0 Å². The summed E-state index contributed by atoms with van der Waals surface area (Å²) in [6, 6.07) is 0. The van der Waals surface area contributed by atoms with Crippen molar-refractivity contribution in [2.45, 2.75) is 31.8 Å². The van der Waals surface area contributed by atoms with E-state index in [1.165, 1.54) is 0 Å². The summed E-state index contributed by atoms with van der Waals surface area (Å²) in [4.78, 5) is 1.91. The lowest BCUT2D eigenvalue weighted by molar-refractivity contribution is -0.148. The van der Waals surface area contributed by atoms with Crippen LogP contribution < -0.4 is 0 Å². The lowest BCUT2D eigenvalue weighted by atomic mass is 10.0. The summed E-state index contributed by atoms with van der Waals surface area (Å²) in [5, 5.41) is 17.0. The fraction of sp³-hybridized carbons (Fsp3) is 0.833. The van der Waals surface area contributed by atoms with Crippen molar-refractivity contribution < 1.29 is 23.0 Å². The number of fused-ring (bicyclic) bond motifs is 1. The molecule has 0 amide bonds. The molecule has 2 aliphatic rings. The second-order valence-electron chi connectivity index (χ2n) is 5.52. The average molecular weight is 306 g/mol. The van der Waals surface area contributed by atoms with E-state index < -0.39 is 18.1 Å². The number of hydrogen-bond donors (Lipinski definition) is 1. The average Bonchev–Trinajstić information content (AvgIpc) is 3.06. The lowest BCUT2D eigenvalue weighted by Crippen LogP contribution is -2.41. The third-order valence-corrected chi connectivity index (χ3v) is 4.04. The standard InChI is InChI=1S/C12H17F3N4O2/c13-12(14,15)11-17-16-10-6-18(2-3-19(10)11)5-9(20)8-1-4-21-7-8/h8-9,20H,1-7H2. The maximum atomic E-state index is 12.7. The molecule has 0 radical (unpaired) electrons. The van der Waals surface area contributed by atoms with Gasteiger partial charge in [0.15, 0.2) is 0 Å². The highest BCUT2D eigenvalue weighted by molar-refractivity contribution is 5.02. The van der Waals surface area contributed by atoms with Crippen LogP contribution in [0.4, 0.5) is 13.2 Å². The van der Waals surface area contributed by atoms with E-state index in [1.807, 2.05) is 4.90 Å². The predicted octanol–water partition coefficient (Wildman–Crippen LogP) is 0.510. The van der Waals surface area contributed by atoms with Gasteiger partial charge >= 0.3 is 6.18 Å². The Bertz CT molecular complexity index is 499. The molecule has 0 bridgehead atoms. The second kappa shape index (κ2) is 5.54. The second-order valence-corrected chi connectivity index (χ2v) is 5.52. The molecule has 0 aromatic carbocycles. The summed E-state index contributed by atoms with van der Waals surface area (Å²) in [6.45, 7) is 2.52. The normalized spacial score (nSPS) is 25.0. The predicted molar refractivity (Wildman–Crippen MR) is 65.2 cm³/mol. The Kier molecular flexibility index (Phi) is 3.89. The van der Waals surface area contributed by atoms with Crippen LogP contribution in [0.2, 0.25) is 0 Å². The zero-order chi connectivity index (χ0) is 15.0. The minimum Gasteiger partial charge on any atom is -0.391 e. The van der Waals surface area contributed by atoms with Crippen LogP contribution in [0.3, 0.4) is 0 Å². The highest BCUT2D eigenvalue weighted by atomic mass is 19.4. The molecule has 1 N–H and O–H groups in total. The molecule has 3 heterocycles. The molecule has 0 saturated carbocycles. The summed E-state index contributed by atoms with van der Waals surface area (Å²) in [7, 11) is 0. The van der Waals surface area contributed by atoms with Crippen molar-refractivity contribution in [1.29, 1.82) is 0 Å². The summed E-state index contributed by atoms with van der Waals surface area (Å²) < 4.78 is 44.5. The van der Waals surface area contributed by atoms with Crippen LogP contribution >= 0.6 is 0 Å². The maximum Gasteiger partial charge on any atom is 0.451 e. The molecule has 1 saturated heterocycles. The van der Waals surface area contributed by atoms with Crippen molar-refractivity contribution in [3.8, 4) is 0 Å². The molecule has 1 aromatic rings. The monoisotopic (exact) mass is 306 g/mol. The van der Waals surface area contributed by atoms with Gasteiger partial charge in [-0.1, -0.05) is 0 Å². The molecule has 1 aromatic heterocycles. The number of aromatic nitrogens is 3. The van der Waals surface area contributed by atoms with Crippen molar-refractivity contribution in [2.75, 3.05) is 26.3 Å². The zero-order valence-corrected chi connectivity index (χ0v) is 11.4. The van der Waals surface area contributed by atoms with E-state index in [-0.39, 0.29) is 19.0 Å². The van der Waals surface area contributed by atoms with Gasteiger partial charge in [0.05, 0.1) is 19.3 Å². The Labute approximate surface area is 119 Å². The quantitative estimate of drug-likeness (QED) is 0.881. The number of aliphatic hydroxyl groups is 1. The summed E-state index contributed by atoms with van der Waals surface area (Å²) >= 11 is 0. The molecule has 1 fully saturated rings. The Hall–Kier alpha value is -1.19. The van der Waals surface area contributed by atoms with Crippen LogP contribution in [0, 0.1) is 5.92 Å². The first-order chi connectivity index (χ1) is 9.95. The Balaban J connectivity index is 1.64. The van der Waals surface area contributed by atoms with E-state index >= 15 is 0 Å². The van der Waals surface area contributed by atoms with Crippen LogP contribution in [0.5, 0.6) is 0 Å². The fourth-order valence-electron chi connectivity index (χ4n) is 2.84. The van der Waals surface area contributed by atoms with Gasteiger partial charge < -0.3 is 14.4 Å². The first-order valence-electron chi connectivity index (χ1n) is 6.92. The molecule has 3 rings (SSSR count). The molecular weight excluding hydrogens is 289 g/mol. The van der Waals surface area contributed by atoms with E-state index in [0.29, 0.717) is 32.1 Å². The zero-order valence-electron chi connectivity index (χ0n) is 11.4. The summed E-state index contributed by atoms with van der Waals surface area (Å²) in [5.41, 5.74) is 0. The largest absolute Gasteiger partial charge is 0.451 e. The molecule has 21 heavy (non-hydrogen) atoms. The Morgan fingerprint density at radius 2 is 2.14 bits per heavy atom. The number of rotatable bonds is 3. The smallest absolute Gasteiger partial charge is 0.391 e. The molecule has 0 spiro atoms. The highest BCUT2D eigenvalue weighted by Gasteiger charge is 2.39. The third kappa shape index (κ3) is 3.04. The van der Waals surface area contributed by atoms with Crippen LogP contribution in [0.1, 0.15) is 18.1 Å². The van der Waals surface area contributed by atoms with Gasteiger partial charge in [-0.25, -0.2) is 0 Å². The molecule has 6 nitrogen and oxygen atoms in total. The number of hydrogen-bond acceptors (Lipinski definition) is 5. The van der Waals surface area contributed by atoms with Crippen LogP contribution in [-0.4, -0.2) is 57.2 Å². The van der Waals surface area contributed by atoms with Crippen LogP contribution in [0.15, 0.2) is 0 Å². The van der Waals surface area contributed by atoms with Gasteiger partial charge in [0, 0.05) is 32.2 Å². The molecule has 9 heteroatoms. The SMILES string of the molecule is OC(CN1CCn2c(nnc2C(F)(F)F)C1)C1CCOC1. The number of β-amino-alcohol motifs (C(OH)–C–C–N with tert-alkyl or cyclic N) is 1. The van der Waals surface area contributed by atoms with Crippen molar-refractivity contribution in [3.05, 3.63) is 11.6 Å². The molecule has 2 atom stereocenters. The van der Waals surface area contributed by atoms with Gasteiger partial charge in [0.2, 0.25) is 5.82 Å². The number of halogens is 3. The Morgan fingerprint density at radius 1 is 1.33 bits per heavy atom. The number of nitrogens with zero attached hydrogens (tertiary/aromatic N) is 4. The van der Waals surface area contributed by atoms with Gasteiger partial charge in [-0.3, -0.25) is 4.90 Å². The highest BCUT2D eigenvalue weighted by Crippen LogP contribution is 2.29. The molecular formula is C12H17F3N4O2. The first-order valence-corrected chi connectivity index (χ1v) is 6.92. The molecule has 2 aliphatic heterocycles. The van der Waals surface area contributed by atoms with Gasteiger partial charge in [0.1, 0.15) is 5.82 Å².